The zero-order chi connectivity index (χ0) is 18.7. The average Bonchev–Trinajstić information content (AvgIpc) is 3.12. The van der Waals surface area contributed by atoms with Gasteiger partial charge in [-0.15, -0.1) is 0 Å². The normalized spacial score (nSPS) is 13.9. The number of nitrogens with zero attached hydrogens (tertiary/aromatic N) is 1. The van der Waals surface area contributed by atoms with Crippen LogP contribution >= 0.6 is 0 Å². The number of hydroxylamine groups is 1. The fraction of sp³-hybridized carbons (Fsp3) is 0.300. The number of hydrogen-bond acceptors (Lipinski definition) is 4. The molecule has 26 heavy (non-hydrogen) atoms. The van der Waals surface area contributed by atoms with Crippen molar-refractivity contribution in [1.29, 1.82) is 0 Å². The Morgan fingerprint density at radius 3 is 2.54 bits per heavy atom. The number of carbonyl (C=O) groups is 2. The van der Waals surface area contributed by atoms with Gasteiger partial charge >= 0.3 is 0 Å². The average molecular weight is 354 g/mol. The minimum absolute atomic E-state index is 0.0317. The molecule has 1 atom stereocenters. The molecule has 2 aromatic carbocycles. The molecule has 6 nitrogen and oxygen atoms in total. The van der Waals surface area contributed by atoms with Gasteiger partial charge in [-0.25, -0.2) is 5.48 Å². The maximum absolute atomic E-state index is 13.1. The molecule has 6 heteroatoms. The second-order valence-corrected chi connectivity index (χ2v) is 6.31. The van der Waals surface area contributed by atoms with Crippen molar-refractivity contribution >= 4 is 11.8 Å². The third-order valence-corrected chi connectivity index (χ3v) is 4.87. The summed E-state index contributed by atoms with van der Waals surface area (Å²) in [5, 5.41) is 8.92. The molecule has 0 spiro atoms. The number of benzene rings is 2. The lowest BCUT2D eigenvalue weighted by Crippen LogP contribution is -2.31. The Bertz CT molecular complexity index is 817. The van der Waals surface area contributed by atoms with Gasteiger partial charge in [-0.3, -0.25) is 14.8 Å². The molecule has 0 bridgehead atoms. The van der Waals surface area contributed by atoms with Crippen LogP contribution in [0.15, 0.2) is 42.5 Å². The molecule has 136 valence electrons. The fourth-order valence-electron chi connectivity index (χ4n) is 3.46. The first-order valence-electron chi connectivity index (χ1n) is 8.57. The van der Waals surface area contributed by atoms with Gasteiger partial charge in [-0.1, -0.05) is 31.2 Å². The Morgan fingerprint density at radius 1 is 1.19 bits per heavy atom. The molecular formula is C20H22N2O4. The Morgan fingerprint density at radius 2 is 1.92 bits per heavy atom. The van der Waals surface area contributed by atoms with Gasteiger partial charge in [0.25, 0.3) is 5.91 Å². The van der Waals surface area contributed by atoms with Crippen LogP contribution in [0.4, 0.5) is 0 Å². The van der Waals surface area contributed by atoms with Crippen molar-refractivity contribution in [2.75, 3.05) is 7.11 Å². The molecule has 0 aliphatic carbocycles. The monoisotopic (exact) mass is 354 g/mol. The summed E-state index contributed by atoms with van der Waals surface area (Å²) in [6.45, 7) is 2.82. The molecule has 0 radical (unpaired) electrons. The minimum atomic E-state index is -0.557. The standard InChI is InChI=1S/C20H22N2O4/c1-3-16(13-7-9-15(26-2)10-8-13)20(24)22-11-14-5-4-6-17(18(14)12-22)19(23)21-25/h4-10,16,25H,3,11-12H2,1-2H3,(H,21,23). The molecule has 1 heterocycles. The van der Waals surface area contributed by atoms with E-state index in [0.717, 1.165) is 22.4 Å². The number of carbonyl (C=O) groups excluding carboxylic acids is 2. The first kappa shape index (κ1) is 17.9. The molecule has 0 saturated heterocycles. The largest absolute Gasteiger partial charge is 0.497 e. The summed E-state index contributed by atoms with van der Waals surface area (Å²) in [7, 11) is 1.61. The second kappa shape index (κ2) is 7.58. The SMILES string of the molecule is CCC(C(=O)N1Cc2cccc(C(=O)NO)c2C1)c1ccc(OC)cc1. The molecule has 0 fully saturated rings. The van der Waals surface area contributed by atoms with Gasteiger partial charge < -0.3 is 9.64 Å². The van der Waals surface area contributed by atoms with Crippen molar-refractivity contribution < 1.29 is 19.5 Å². The summed E-state index contributed by atoms with van der Waals surface area (Å²) in [6.07, 6.45) is 0.683. The van der Waals surface area contributed by atoms with E-state index in [0.29, 0.717) is 25.1 Å². The van der Waals surface area contributed by atoms with E-state index in [1.165, 1.54) is 0 Å². The van der Waals surface area contributed by atoms with Crippen molar-refractivity contribution in [3.05, 3.63) is 64.7 Å². The number of nitrogens with one attached hydrogen (secondary N) is 1. The van der Waals surface area contributed by atoms with Crippen molar-refractivity contribution in [3.8, 4) is 5.75 Å². The highest BCUT2D eigenvalue weighted by Gasteiger charge is 2.31. The highest BCUT2D eigenvalue weighted by Crippen LogP contribution is 2.31. The molecule has 0 saturated carbocycles. The van der Waals surface area contributed by atoms with Crippen LogP contribution in [0.1, 0.15) is 46.3 Å². The van der Waals surface area contributed by atoms with Crippen LogP contribution in [-0.2, 0) is 17.9 Å². The third-order valence-electron chi connectivity index (χ3n) is 4.87. The van der Waals surface area contributed by atoms with E-state index in [1.54, 1.807) is 29.6 Å². The number of rotatable bonds is 5. The predicted molar refractivity (Wildman–Crippen MR) is 96.0 cm³/mol. The van der Waals surface area contributed by atoms with Crippen LogP contribution in [0.2, 0.25) is 0 Å². The van der Waals surface area contributed by atoms with Crippen LogP contribution < -0.4 is 10.2 Å². The number of ether oxygens (including phenoxy) is 1. The highest BCUT2D eigenvalue weighted by atomic mass is 16.5. The van der Waals surface area contributed by atoms with Crippen LogP contribution in [0, 0.1) is 0 Å². The van der Waals surface area contributed by atoms with Crippen molar-refractivity contribution in [2.45, 2.75) is 32.4 Å². The minimum Gasteiger partial charge on any atom is -0.497 e. The Labute approximate surface area is 152 Å². The Hall–Kier alpha value is -2.86. The van der Waals surface area contributed by atoms with E-state index in [2.05, 4.69) is 0 Å². The van der Waals surface area contributed by atoms with Gasteiger partial charge in [0.2, 0.25) is 5.91 Å². The summed E-state index contributed by atoms with van der Waals surface area (Å²) in [5.74, 6) is -0.0165. The number of amides is 2. The van der Waals surface area contributed by atoms with Crippen molar-refractivity contribution in [2.24, 2.45) is 0 Å². The molecular weight excluding hydrogens is 332 g/mol. The van der Waals surface area contributed by atoms with Gasteiger partial charge in [-0.2, -0.15) is 0 Å². The lowest BCUT2D eigenvalue weighted by molar-refractivity contribution is -0.133. The highest BCUT2D eigenvalue weighted by molar-refractivity contribution is 5.95. The lowest BCUT2D eigenvalue weighted by Gasteiger charge is -2.23. The van der Waals surface area contributed by atoms with Gasteiger partial charge in [0.05, 0.1) is 13.0 Å². The number of fused-ring (bicyclic) bond motifs is 1. The lowest BCUT2D eigenvalue weighted by atomic mass is 9.95. The fourth-order valence-corrected chi connectivity index (χ4v) is 3.46. The quantitative estimate of drug-likeness (QED) is 0.639. The van der Waals surface area contributed by atoms with Gasteiger partial charge in [0, 0.05) is 18.7 Å². The first-order valence-corrected chi connectivity index (χ1v) is 8.57. The smallest absolute Gasteiger partial charge is 0.274 e. The summed E-state index contributed by atoms with van der Waals surface area (Å²) in [4.78, 5) is 26.7. The first-order chi connectivity index (χ1) is 12.6. The number of hydrogen-bond donors (Lipinski definition) is 2. The van der Waals surface area contributed by atoms with Crippen molar-refractivity contribution in [1.82, 2.24) is 10.4 Å². The molecule has 1 unspecified atom stereocenters. The van der Waals surface area contributed by atoms with E-state index in [1.807, 2.05) is 37.3 Å². The van der Waals surface area contributed by atoms with Crippen LogP contribution in [0.5, 0.6) is 5.75 Å². The molecule has 1 aliphatic heterocycles. The summed E-state index contributed by atoms with van der Waals surface area (Å²) in [5.41, 5.74) is 4.74. The van der Waals surface area contributed by atoms with E-state index in [9.17, 15) is 9.59 Å². The predicted octanol–water partition coefficient (Wildman–Crippen LogP) is 2.85. The van der Waals surface area contributed by atoms with Crippen molar-refractivity contribution in [3.63, 3.8) is 0 Å². The van der Waals surface area contributed by atoms with Gasteiger partial charge in [0.1, 0.15) is 5.75 Å². The summed E-state index contributed by atoms with van der Waals surface area (Å²) < 4.78 is 5.18. The third kappa shape index (κ3) is 3.28. The second-order valence-electron chi connectivity index (χ2n) is 6.31. The van der Waals surface area contributed by atoms with Crippen LogP contribution in [0.25, 0.3) is 0 Å². The van der Waals surface area contributed by atoms with E-state index >= 15 is 0 Å². The van der Waals surface area contributed by atoms with E-state index in [-0.39, 0.29) is 11.8 Å². The Kier molecular flexibility index (Phi) is 5.23. The van der Waals surface area contributed by atoms with Gasteiger partial charge in [-0.05, 0) is 41.3 Å². The van der Waals surface area contributed by atoms with E-state index in [4.69, 9.17) is 9.94 Å². The van der Waals surface area contributed by atoms with Crippen LogP contribution in [-0.4, -0.2) is 29.0 Å². The maximum atomic E-state index is 13.1. The molecule has 3 rings (SSSR count). The zero-order valence-corrected chi connectivity index (χ0v) is 14.9. The molecule has 0 aromatic heterocycles. The molecule has 2 aromatic rings. The van der Waals surface area contributed by atoms with E-state index < -0.39 is 5.91 Å². The van der Waals surface area contributed by atoms with Gasteiger partial charge in [0.15, 0.2) is 0 Å². The molecule has 2 amide bonds. The number of methoxy groups -OCH3 is 1. The molecule has 1 aliphatic rings. The Balaban J connectivity index is 1.82. The summed E-state index contributed by atoms with van der Waals surface area (Å²) in [6, 6.07) is 12.9. The summed E-state index contributed by atoms with van der Waals surface area (Å²) >= 11 is 0. The zero-order valence-electron chi connectivity index (χ0n) is 14.9. The topological polar surface area (TPSA) is 78.9 Å². The molecule has 2 N–H and O–H groups in total. The maximum Gasteiger partial charge on any atom is 0.274 e. The van der Waals surface area contributed by atoms with Crippen LogP contribution in [0.3, 0.4) is 0 Å².